The summed E-state index contributed by atoms with van der Waals surface area (Å²) in [7, 11) is 1.63. The molecule has 0 unspecified atom stereocenters. The maximum atomic E-state index is 6.28. The summed E-state index contributed by atoms with van der Waals surface area (Å²) in [6, 6.07) is 17.7. The van der Waals surface area contributed by atoms with E-state index in [0.717, 1.165) is 22.1 Å². The van der Waals surface area contributed by atoms with E-state index in [0.29, 0.717) is 29.7 Å². The average Bonchev–Trinajstić information content (AvgIpc) is 2.61. The van der Waals surface area contributed by atoms with Crippen molar-refractivity contribution < 1.29 is 14.2 Å². The zero-order valence-electron chi connectivity index (χ0n) is 13.7. The Morgan fingerprint density at radius 3 is 2.50 bits per heavy atom. The molecule has 0 aliphatic heterocycles. The molecule has 0 fully saturated rings. The number of benzene rings is 3. The number of halogens is 1. The van der Waals surface area contributed by atoms with E-state index in [9.17, 15) is 0 Å². The summed E-state index contributed by atoms with van der Waals surface area (Å²) in [6.45, 7) is 2.81. The van der Waals surface area contributed by atoms with Gasteiger partial charge >= 0.3 is 0 Å². The number of aryl methyl sites for hydroxylation is 1. The number of hydrogen-bond donors (Lipinski definition) is 0. The third kappa shape index (κ3) is 3.57. The summed E-state index contributed by atoms with van der Waals surface area (Å²) in [5.74, 6) is 2.11. The number of fused-ring (bicyclic) bond motifs is 1. The van der Waals surface area contributed by atoms with Crippen molar-refractivity contribution >= 4 is 22.4 Å². The highest BCUT2D eigenvalue weighted by Gasteiger charge is 2.08. The molecule has 0 radical (unpaired) electrons. The summed E-state index contributed by atoms with van der Waals surface area (Å²) < 4.78 is 17.0. The minimum atomic E-state index is 0.394. The van der Waals surface area contributed by atoms with Crippen molar-refractivity contribution in [2.24, 2.45) is 0 Å². The van der Waals surface area contributed by atoms with Crippen LogP contribution in [0.15, 0.2) is 54.6 Å². The van der Waals surface area contributed by atoms with Crippen LogP contribution in [-0.4, -0.2) is 20.3 Å². The van der Waals surface area contributed by atoms with Gasteiger partial charge in [0.1, 0.15) is 19.0 Å². The molecule has 0 aliphatic rings. The largest absolute Gasteiger partial charge is 0.493 e. The second kappa shape index (κ2) is 7.45. The van der Waals surface area contributed by atoms with Crippen molar-refractivity contribution in [3.63, 3.8) is 0 Å². The second-order valence-electron chi connectivity index (χ2n) is 5.45. The first-order chi connectivity index (χ1) is 11.7. The van der Waals surface area contributed by atoms with Crippen LogP contribution in [0.5, 0.6) is 17.2 Å². The van der Waals surface area contributed by atoms with Gasteiger partial charge in [-0.3, -0.25) is 0 Å². The third-order valence-electron chi connectivity index (χ3n) is 3.74. The standard InChI is InChI=1S/C20H19ClO3/c1-14-7-10-18(19(13-14)22-2)23-11-12-24-20-16-6-4-3-5-15(16)8-9-17(20)21/h3-10,13H,11-12H2,1-2H3. The Balaban J connectivity index is 1.66. The van der Waals surface area contributed by atoms with Crippen molar-refractivity contribution in [3.05, 3.63) is 65.2 Å². The first-order valence-electron chi connectivity index (χ1n) is 7.76. The van der Waals surface area contributed by atoms with E-state index in [1.54, 1.807) is 7.11 Å². The maximum Gasteiger partial charge on any atom is 0.161 e. The second-order valence-corrected chi connectivity index (χ2v) is 5.86. The predicted octanol–water partition coefficient (Wildman–Crippen LogP) is 5.27. The van der Waals surface area contributed by atoms with E-state index in [-0.39, 0.29) is 0 Å². The van der Waals surface area contributed by atoms with Crippen LogP contribution in [-0.2, 0) is 0 Å². The van der Waals surface area contributed by atoms with Crippen LogP contribution in [0.1, 0.15) is 5.56 Å². The predicted molar refractivity (Wildman–Crippen MR) is 97.7 cm³/mol. The molecule has 124 valence electrons. The van der Waals surface area contributed by atoms with Gasteiger partial charge in [-0.15, -0.1) is 0 Å². The molecular weight excluding hydrogens is 324 g/mol. The fraction of sp³-hybridized carbons (Fsp3) is 0.200. The lowest BCUT2D eigenvalue weighted by Gasteiger charge is -2.13. The van der Waals surface area contributed by atoms with E-state index in [1.807, 2.05) is 61.5 Å². The summed E-state index contributed by atoms with van der Waals surface area (Å²) >= 11 is 6.28. The Labute approximate surface area is 146 Å². The van der Waals surface area contributed by atoms with Crippen molar-refractivity contribution in [1.29, 1.82) is 0 Å². The summed E-state index contributed by atoms with van der Waals surface area (Å²) in [6.07, 6.45) is 0. The molecule has 0 bridgehead atoms. The lowest BCUT2D eigenvalue weighted by Crippen LogP contribution is -2.10. The SMILES string of the molecule is COc1cc(C)ccc1OCCOc1c(Cl)ccc2ccccc12. The highest BCUT2D eigenvalue weighted by molar-refractivity contribution is 6.33. The molecule has 0 amide bonds. The number of methoxy groups -OCH3 is 1. The minimum Gasteiger partial charge on any atom is -0.493 e. The molecule has 4 heteroatoms. The van der Waals surface area contributed by atoms with Gasteiger partial charge in [0.05, 0.1) is 12.1 Å². The van der Waals surface area contributed by atoms with Crippen LogP contribution >= 0.6 is 11.6 Å². The van der Waals surface area contributed by atoms with Crippen molar-refractivity contribution in [1.82, 2.24) is 0 Å². The maximum absolute atomic E-state index is 6.28. The number of ether oxygens (including phenoxy) is 3. The van der Waals surface area contributed by atoms with Gasteiger partial charge in [-0.25, -0.2) is 0 Å². The van der Waals surface area contributed by atoms with Crippen molar-refractivity contribution in [3.8, 4) is 17.2 Å². The zero-order valence-corrected chi connectivity index (χ0v) is 14.5. The zero-order chi connectivity index (χ0) is 16.9. The molecule has 0 spiro atoms. The van der Waals surface area contributed by atoms with Crippen LogP contribution < -0.4 is 14.2 Å². The van der Waals surface area contributed by atoms with Crippen LogP contribution in [0.2, 0.25) is 5.02 Å². The summed E-state index contributed by atoms with van der Waals surface area (Å²) in [5.41, 5.74) is 1.12. The topological polar surface area (TPSA) is 27.7 Å². The minimum absolute atomic E-state index is 0.394. The van der Waals surface area contributed by atoms with Gasteiger partial charge in [-0.1, -0.05) is 48.0 Å². The van der Waals surface area contributed by atoms with Gasteiger partial charge in [0, 0.05) is 5.39 Å². The lowest BCUT2D eigenvalue weighted by atomic mass is 10.1. The highest BCUT2D eigenvalue weighted by atomic mass is 35.5. The molecule has 0 aliphatic carbocycles. The Kier molecular flexibility index (Phi) is 5.11. The molecule has 0 saturated carbocycles. The molecule has 0 atom stereocenters. The Bertz CT molecular complexity index is 845. The molecule has 3 rings (SSSR count). The van der Waals surface area contributed by atoms with Gasteiger partial charge in [-0.2, -0.15) is 0 Å². The quantitative estimate of drug-likeness (QED) is 0.571. The fourth-order valence-corrected chi connectivity index (χ4v) is 2.77. The van der Waals surface area contributed by atoms with Gasteiger partial charge in [0.25, 0.3) is 0 Å². The van der Waals surface area contributed by atoms with E-state index in [2.05, 4.69) is 0 Å². The van der Waals surface area contributed by atoms with Gasteiger partial charge < -0.3 is 14.2 Å². The first kappa shape index (κ1) is 16.5. The van der Waals surface area contributed by atoms with Crippen LogP contribution in [0, 0.1) is 6.92 Å². The molecule has 3 nitrogen and oxygen atoms in total. The molecule has 3 aromatic carbocycles. The molecule has 0 N–H and O–H groups in total. The molecule has 0 heterocycles. The third-order valence-corrected chi connectivity index (χ3v) is 4.04. The normalized spacial score (nSPS) is 10.6. The van der Waals surface area contributed by atoms with Gasteiger partial charge in [-0.05, 0) is 36.1 Å². The number of hydrogen-bond acceptors (Lipinski definition) is 3. The molecule has 0 aromatic heterocycles. The van der Waals surface area contributed by atoms with E-state index >= 15 is 0 Å². The molecular formula is C20H19ClO3. The van der Waals surface area contributed by atoms with Crippen molar-refractivity contribution in [2.45, 2.75) is 6.92 Å². The van der Waals surface area contributed by atoms with Crippen molar-refractivity contribution in [2.75, 3.05) is 20.3 Å². The van der Waals surface area contributed by atoms with E-state index in [4.69, 9.17) is 25.8 Å². The average molecular weight is 343 g/mol. The molecule has 24 heavy (non-hydrogen) atoms. The monoisotopic (exact) mass is 342 g/mol. The van der Waals surface area contributed by atoms with E-state index in [1.165, 1.54) is 0 Å². The molecule has 3 aromatic rings. The van der Waals surface area contributed by atoms with Gasteiger partial charge in [0.15, 0.2) is 11.5 Å². The Morgan fingerprint density at radius 1 is 0.875 bits per heavy atom. The Hall–Kier alpha value is -2.39. The van der Waals surface area contributed by atoms with Crippen LogP contribution in [0.4, 0.5) is 0 Å². The first-order valence-corrected chi connectivity index (χ1v) is 8.14. The highest BCUT2D eigenvalue weighted by Crippen LogP contribution is 2.33. The Morgan fingerprint density at radius 2 is 1.67 bits per heavy atom. The van der Waals surface area contributed by atoms with E-state index < -0.39 is 0 Å². The fourth-order valence-electron chi connectivity index (χ4n) is 2.55. The van der Waals surface area contributed by atoms with Crippen LogP contribution in [0.3, 0.4) is 0 Å². The smallest absolute Gasteiger partial charge is 0.161 e. The lowest BCUT2D eigenvalue weighted by molar-refractivity contribution is 0.213. The van der Waals surface area contributed by atoms with Crippen LogP contribution in [0.25, 0.3) is 10.8 Å². The summed E-state index contributed by atoms with van der Waals surface area (Å²) in [5, 5.41) is 2.69. The van der Waals surface area contributed by atoms with Gasteiger partial charge in [0.2, 0.25) is 0 Å². The summed E-state index contributed by atoms with van der Waals surface area (Å²) in [4.78, 5) is 0. The number of rotatable bonds is 6. The molecule has 0 saturated heterocycles.